The number of hydrogen-bond donors (Lipinski definition) is 1. The van der Waals surface area contributed by atoms with Crippen molar-refractivity contribution < 1.29 is 18.1 Å². The molecule has 0 aliphatic heterocycles. The highest BCUT2D eigenvalue weighted by Crippen LogP contribution is 2.36. The normalized spacial score (nSPS) is 11.7. The summed E-state index contributed by atoms with van der Waals surface area (Å²) in [6.07, 6.45) is -3.39. The molecule has 0 saturated heterocycles. The number of nitro benzene ring substituents is 1. The third-order valence-electron chi connectivity index (χ3n) is 2.54. The number of halogens is 3. The summed E-state index contributed by atoms with van der Waals surface area (Å²) < 4.78 is 37.6. The number of hydrogen-bond acceptors (Lipinski definition) is 2. The molecule has 0 aliphatic carbocycles. The van der Waals surface area contributed by atoms with Crippen LogP contribution in [0.5, 0.6) is 0 Å². The highest BCUT2D eigenvalue weighted by molar-refractivity contribution is 5.94. The van der Waals surface area contributed by atoms with E-state index in [9.17, 15) is 23.3 Å². The number of non-ortho nitro benzene ring substituents is 1. The number of benzene rings is 1. The Hall–Kier alpha value is -2.31. The minimum atomic E-state index is -4.53. The standard InChI is InChI=1S/C11H7F3N2O2/c1-6(11(12,13)14)9-5-15-10-4-7(16(17)18)2-3-8(9)10/h2-5,15H,1H2. The fourth-order valence-corrected chi connectivity index (χ4v) is 1.63. The van der Waals surface area contributed by atoms with Crippen molar-refractivity contribution in [2.75, 3.05) is 0 Å². The molecule has 1 aromatic carbocycles. The zero-order chi connectivity index (χ0) is 13.5. The van der Waals surface area contributed by atoms with Crippen LogP contribution in [0.4, 0.5) is 18.9 Å². The van der Waals surface area contributed by atoms with E-state index in [1.54, 1.807) is 0 Å². The fraction of sp³-hybridized carbons (Fsp3) is 0.0909. The van der Waals surface area contributed by atoms with Crippen LogP contribution >= 0.6 is 0 Å². The Labute approximate surface area is 98.9 Å². The maximum absolute atomic E-state index is 12.5. The van der Waals surface area contributed by atoms with E-state index in [1.165, 1.54) is 12.1 Å². The Bertz CT molecular complexity index is 643. The Morgan fingerprint density at radius 3 is 2.61 bits per heavy atom. The molecule has 0 fully saturated rings. The number of fused-ring (bicyclic) bond motifs is 1. The van der Waals surface area contributed by atoms with Gasteiger partial charge in [-0.2, -0.15) is 13.2 Å². The highest BCUT2D eigenvalue weighted by Gasteiger charge is 2.34. The van der Waals surface area contributed by atoms with Gasteiger partial charge < -0.3 is 4.98 Å². The molecule has 0 amide bonds. The van der Waals surface area contributed by atoms with Gasteiger partial charge in [-0.15, -0.1) is 0 Å². The quantitative estimate of drug-likeness (QED) is 0.658. The largest absolute Gasteiger partial charge is 0.416 e. The number of alkyl halides is 3. The van der Waals surface area contributed by atoms with E-state index in [0.717, 1.165) is 12.3 Å². The van der Waals surface area contributed by atoms with Crippen molar-refractivity contribution in [3.63, 3.8) is 0 Å². The van der Waals surface area contributed by atoms with Gasteiger partial charge in [-0.3, -0.25) is 10.1 Å². The van der Waals surface area contributed by atoms with Crippen LogP contribution in [0.3, 0.4) is 0 Å². The first-order valence-electron chi connectivity index (χ1n) is 4.82. The van der Waals surface area contributed by atoms with E-state index in [0.29, 0.717) is 0 Å². The fourth-order valence-electron chi connectivity index (χ4n) is 1.63. The van der Waals surface area contributed by atoms with Gasteiger partial charge in [-0.25, -0.2) is 0 Å². The van der Waals surface area contributed by atoms with Gasteiger partial charge >= 0.3 is 6.18 Å². The maximum atomic E-state index is 12.5. The van der Waals surface area contributed by atoms with Gasteiger partial charge in [0, 0.05) is 29.3 Å². The lowest BCUT2D eigenvalue weighted by atomic mass is 10.1. The van der Waals surface area contributed by atoms with Crippen LogP contribution in [-0.4, -0.2) is 16.1 Å². The number of nitrogens with zero attached hydrogens (tertiary/aromatic N) is 1. The van der Waals surface area contributed by atoms with Gasteiger partial charge in [-0.05, 0) is 6.07 Å². The van der Waals surface area contributed by atoms with Crippen LogP contribution in [0.25, 0.3) is 16.5 Å². The van der Waals surface area contributed by atoms with Crippen molar-refractivity contribution in [1.82, 2.24) is 4.98 Å². The summed E-state index contributed by atoms with van der Waals surface area (Å²) >= 11 is 0. The molecule has 4 nitrogen and oxygen atoms in total. The summed E-state index contributed by atoms with van der Waals surface area (Å²) in [5.74, 6) is 0. The van der Waals surface area contributed by atoms with Crippen LogP contribution < -0.4 is 0 Å². The predicted octanol–water partition coefficient (Wildman–Crippen LogP) is 3.65. The summed E-state index contributed by atoms with van der Waals surface area (Å²) in [7, 11) is 0. The van der Waals surface area contributed by atoms with Crippen molar-refractivity contribution in [2.45, 2.75) is 6.18 Å². The monoisotopic (exact) mass is 256 g/mol. The van der Waals surface area contributed by atoms with Crippen molar-refractivity contribution in [3.05, 3.63) is 46.7 Å². The summed E-state index contributed by atoms with van der Waals surface area (Å²) in [5.41, 5.74) is -1.01. The second-order valence-electron chi connectivity index (χ2n) is 3.67. The summed E-state index contributed by atoms with van der Waals surface area (Å²) in [5, 5.41) is 10.8. The molecule has 18 heavy (non-hydrogen) atoms. The molecule has 0 bridgehead atoms. The van der Waals surface area contributed by atoms with Gasteiger partial charge in [-0.1, -0.05) is 6.58 Å². The summed E-state index contributed by atoms with van der Waals surface area (Å²) in [4.78, 5) is 12.5. The predicted molar refractivity (Wildman–Crippen MR) is 60.0 cm³/mol. The van der Waals surface area contributed by atoms with Crippen molar-refractivity contribution in [3.8, 4) is 0 Å². The molecule has 1 N–H and O–H groups in total. The van der Waals surface area contributed by atoms with Crippen LogP contribution in [0.15, 0.2) is 31.0 Å². The van der Waals surface area contributed by atoms with Crippen LogP contribution in [0, 0.1) is 10.1 Å². The van der Waals surface area contributed by atoms with Crippen LogP contribution in [-0.2, 0) is 0 Å². The van der Waals surface area contributed by atoms with Gasteiger partial charge in [0.2, 0.25) is 0 Å². The molecule has 1 heterocycles. The topological polar surface area (TPSA) is 58.9 Å². The zero-order valence-electron chi connectivity index (χ0n) is 8.91. The number of aromatic amines is 1. The van der Waals surface area contributed by atoms with Gasteiger partial charge in [0.25, 0.3) is 5.69 Å². The average molecular weight is 256 g/mol. The first-order chi connectivity index (χ1) is 8.30. The van der Waals surface area contributed by atoms with E-state index in [2.05, 4.69) is 11.6 Å². The Balaban J connectivity index is 2.56. The lowest BCUT2D eigenvalue weighted by Gasteiger charge is -2.08. The Morgan fingerprint density at radius 1 is 1.39 bits per heavy atom. The van der Waals surface area contributed by atoms with Gasteiger partial charge in [0.05, 0.1) is 16.0 Å². The van der Waals surface area contributed by atoms with Crippen molar-refractivity contribution in [2.24, 2.45) is 0 Å². The average Bonchev–Trinajstić information content (AvgIpc) is 2.68. The Morgan fingerprint density at radius 2 is 2.06 bits per heavy atom. The number of aromatic nitrogens is 1. The lowest BCUT2D eigenvalue weighted by Crippen LogP contribution is -2.08. The number of nitro groups is 1. The SMILES string of the molecule is C=C(c1c[nH]c2cc([N+](=O)[O-])ccc12)C(F)(F)F. The lowest BCUT2D eigenvalue weighted by molar-refractivity contribution is -0.384. The number of H-pyrrole nitrogens is 1. The molecule has 0 saturated carbocycles. The molecule has 0 aliphatic rings. The third kappa shape index (κ3) is 1.94. The molecule has 94 valence electrons. The van der Waals surface area contributed by atoms with E-state index in [4.69, 9.17) is 0 Å². The van der Waals surface area contributed by atoms with Crippen LogP contribution in [0.2, 0.25) is 0 Å². The number of nitrogens with one attached hydrogen (secondary N) is 1. The molecule has 7 heteroatoms. The van der Waals surface area contributed by atoms with E-state index in [-0.39, 0.29) is 22.2 Å². The molecule has 1 aromatic heterocycles. The Kier molecular flexibility index (Phi) is 2.61. The summed E-state index contributed by atoms with van der Waals surface area (Å²) in [6, 6.07) is 3.61. The van der Waals surface area contributed by atoms with Crippen molar-refractivity contribution in [1.29, 1.82) is 0 Å². The number of rotatable bonds is 2. The van der Waals surface area contributed by atoms with E-state index >= 15 is 0 Å². The maximum Gasteiger partial charge on any atom is 0.416 e. The molecule has 2 aromatic rings. The van der Waals surface area contributed by atoms with Gasteiger partial charge in [0.15, 0.2) is 0 Å². The third-order valence-corrected chi connectivity index (χ3v) is 2.54. The van der Waals surface area contributed by atoms with E-state index in [1.807, 2.05) is 0 Å². The minimum absolute atomic E-state index is 0.104. The molecular weight excluding hydrogens is 249 g/mol. The van der Waals surface area contributed by atoms with Crippen molar-refractivity contribution >= 4 is 22.2 Å². The van der Waals surface area contributed by atoms with Gasteiger partial charge in [0.1, 0.15) is 0 Å². The second-order valence-corrected chi connectivity index (χ2v) is 3.67. The molecule has 0 radical (unpaired) electrons. The smallest absolute Gasteiger partial charge is 0.360 e. The summed E-state index contributed by atoms with van der Waals surface area (Å²) in [6.45, 7) is 3.00. The first-order valence-corrected chi connectivity index (χ1v) is 4.82. The molecule has 0 spiro atoms. The van der Waals surface area contributed by atoms with E-state index < -0.39 is 16.7 Å². The molecule has 0 unspecified atom stereocenters. The highest BCUT2D eigenvalue weighted by atomic mass is 19.4. The molecule has 2 rings (SSSR count). The minimum Gasteiger partial charge on any atom is -0.360 e. The van der Waals surface area contributed by atoms with Crippen LogP contribution in [0.1, 0.15) is 5.56 Å². The molecule has 0 atom stereocenters. The number of allylic oxidation sites excluding steroid dienone is 1. The molecular formula is C11H7F3N2O2. The first kappa shape index (κ1) is 12.2. The zero-order valence-corrected chi connectivity index (χ0v) is 8.91. The second kappa shape index (κ2) is 3.86.